The summed E-state index contributed by atoms with van der Waals surface area (Å²) in [7, 11) is 0. The van der Waals surface area contributed by atoms with Crippen molar-refractivity contribution in [2.75, 3.05) is 19.6 Å². The Hall–Kier alpha value is -1.81. The summed E-state index contributed by atoms with van der Waals surface area (Å²) in [4.78, 5) is 14.3. The molecule has 4 nitrogen and oxygen atoms in total. The Bertz CT molecular complexity index is 684. The van der Waals surface area contributed by atoms with Gasteiger partial charge in [0.05, 0.1) is 12.6 Å². The molecule has 0 spiro atoms. The maximum absolute atomic E-state index is 12.3. The van der Waals surface area contributed by atoms with E-state index in [1.54, 1.807) is 0 Å². The highest BCUT2D eigenvalue weighted by Gasteiger charge is 2.22. The van der Waals surface area contributed by atoms with E-state index >= 15 is 0 Å². The maximum atomic E-state index is 12.3. The van der Waals surface area contributed by atoms with Crippen LogP contribution in [-0.4, -0.2) is 30.4 Å². The fraction of sp³-hybridized carbons (Fsp3) is 0.526. The number of para-hydroxylation sites is 1. The molecule has 23 heavy (non-hydrogen) atoms. The number of fused-ring (bicyclic) bond motifs is 1. The van der Waals surface area contributed by atoms with Crippen molar-refractivity contribution in [3.8, 4) is 0 Å². The largest absolute Gasteiger partial charge is 0.459 e. The first-order valence-electron chi connectivity index (χ1n) is 8.55. The van der Waals surface area contributed by atoms with Crippen LogP contribution in [0.25, 0.3) is 11.0 Å². The number of carbonyl (C=O) groups is 1. The van der Waals surface area contributed by atoms with Gasteiger partial charge in [-0.3, -0.25) is 10.1 Å². The van der Waals surface area contributed by atoms with E-state index in [4.69, 9.17) is 4.42 Å². The fourth-order valence-electron chi connectivity index (χ4n) is 3.31. The minimum Gasteiger partial charge on any atom is -0.459 e. The monoisotopic (exact) mass is 314 g/mol. The highest BCUT2D eigenvalue weighted by atomic mass is 16.3. The lowest BCUT2D eigenvalue weighted by Gasteiger charge is -2.30. The topological polar surface area (TPSA) is 45.5 Å². The molecule has 0 saturated carbocycles. The second kappa shape index (κ2) is 6.75. The van der Waals surface area contributed by atoms with E-state index in [9.17, 15) is 4.79 Å². The van der Waals surface area contributed by atoms with E-state index in [0.717, 1.165) is 54.1 Å². The van der Waals surface area contributed by atoms with Crippen LogP contribution >= 0.6 is 0 Å². The Morgan fingerprint density at radius 3 is 2.74 bits per heavy atom. The maximum Gasteiger partial charge on any atom is 0.236 e. The second-order valence-corrected chi connectivity index (χ2v) is 6.75. The molecule has 0 unspecified atom stereocenters. The van der Waals surface area contributed by atoms with Gasteiger partial charge in [-0.15, -0.1) is 0 Å². The van der Waals surface area contributed by atoms with Crippen LogP contribution in [0.3, 0.4) is 0 Å². The van der Waals surface area contributed by atoms with Gasteiger partial charge in [-0.05, 0) is 44.2 Å². The van der Waals surface area contributed by atoms with Crippen LogP contribution in [0.4, 0.5) is 0 Å². The van der Waals surface area contributed by atoms with Gasteiger partial charge in [-0.25, -0.2) is 0 Å². The Kier molecular flexibility index (Phi) is 4.71. The van der Waals surface area contributed by atoms with E-state index in [0.29, 0.717) is 6.54 Å². The van der Waals surface area contributed by atoms with Gasteiger partial charge >= 0.3 is 0 Å². The predicted octanol–water partition coefficient (Wildman–Crippen LogP) is 3.65. The van der Waals surface area contributed by atoms with Crippen LogP contribution < -0.4 is 5.32 Å². The number of rotatable bonds is 4. The zero-order valence-electron chi connectivity index (χ0n) is 14.3. The van der Waals surface area contributed by atoms with Crippen molar-refractivity contribution < 1.29 is 9.21 Å². The number of hydrogen-bond donors (Lipinski definition) is 1. The van der Waals surface area contributed by atoms with E-state index in [1.165, 1.54) is 0 Å². The number of carbonyl (C=O) groups excluding carboxylic acids is 1. The molecule has 1 amide bonds. The number of piperidine rings is 1. The second-order valence-electron chi connectivity index (χ2n) is 6.75. The highest BCUT2D eigenvalue weighted by Crippen LogP contribution is 2.29. The van der Waals surface area contributed by atoms with Crippen LogP contribution in [0.15, 0.2) is 28.7 Å². The predicted molar refractivity (Wildman–Crippen MR) is 92.3 cm³/mol. The van der Waals surface area contributed by atoms with Gasteiger partial charge in [0.1, 0.15) is 11.3 Å². The summed E-state index contributed by atoms with van der Waals surface area (Å²) in [6.07, 6.45) is 2.23. The molecule has 0 radical (unpaired) electrons. The van der Waals surface area contributed by atoms with Crippen molar-refractivity contribution >= 4 is 16.9 Å². The molecule has 124 valence electrons. The molecular weight excluding hydrogens is 288 g/mol. The standard InChI is InChI=1S/C19H26N2O2/c1-13-8-10-21(11-9-13)18(22)12-20-15(3)19-14(2)16-6-4-5-7-17(16)23-19/h4-7,13,15,20H,8-12H2,1-3H3/t15-/m0/s1. The van der Waals surface area contributed by atoms with Crippen molar-refractivity contribution in [2.45, 2.75) is 39.7 Å². The molecule has 0 bridgehead atoms. The number of nitrogens with one attached hydrogen (secondary N) is 1. The minimum atomic E-state index is 0.0232. The van der Waals surface area contributed by atoms with Gasteiger partial charge in [-0.1, -0.05) is 25.1 Å². The summed E-state index contributed by atoms with van der Waals surface area (Å²) >= 11 is 0. The summed E-state index contributed by atoms with van der Waals surface area (Å²) in [5, 5.41) is 4.47. The Morgan fingerprint density at radius 1 is 1.35 bits per heavy atom. The van der Waals surface area contributed by atoms with Crippen molar-refractivity contribution in [3.63, 3.8) is 0 Å². The molecule has 0 aliphatic carbocycles. The van der Waals surface area contributed by atoms with Crippen LogP contribution in [0.5, 0.6) is 0 Å². The Morgan fingerprint density at radius 2 is 2.04 bits per heavy atom. The molecule has 1 atom stereocenters. The lowest BCUT2D eigenvalue weighted by atomic mass is 9.99. The average Bonchev–Trinajstić information content (AvgIpc) is 2.90. The van der Waals surface area contributed by atoms with Crippen LogP contribution in [-0.2, 0) is 4.79 Å². The van der Waals surface area contributed by atoms with Crippen molar-refractivity contribution in [2.24, 2.45) is 5.92 Å². The number of benzene rings is 1. The van der Waals surface area contributed by atoms with Gasteiger partial charge < -0.3 is 9.32 Å². The molecule has 2 aromatic rings. The summed E-state index contributed by atoms with van der Waals surface area (Å²) in [5.41, 5.74) is 2.06. The molecule has 1 aliphatic heterocycles. The Balaban J connectivity index is 1.61. The summed E-state index contributed by atoms with van der Waals surface area (Å²) in [6.45, 7) is 8.53. The zero-order valence-corrected chi connectivity index (χ0v) is 14.3. The molecule has 2 heterocycles. The van der Waals surface area contributed by atoms with Gasteiger partial charge in [0.15, 0.2) is 0 Å². The van der Waals surface area contributed by atoms with E-state index in [2.05, 4.69) is 32.2 Å². The van der Waals surface area contributed by atoms with Crippen LogP contribution in [0.1, 0.15) is 44.1 Å². The minimum absolute atomic E-state index is 0.0232. The van der Waals surface area contributed by atoms with Crippen molar-refractivity contribution in [3.05, 3.63) is 35.6 Å². The van der Waals surface area contributed by atoms with Gasteiger partial charge in [0, 0.05) is 18.5 Å². The molecule has 1 aromatic heterocycles. The molecule has 3 rings (SSSR count). The molecule has 1 fully saturated rings. The number of furan rings is 1. The van der Waals surface area contributed by atoms with Gasteiger partial charge in [0.2, 0.25) is 5.91 Å². The lowest BCUT2D eigenvalue weighted by molar-refractivity contribution is -0.131. The van der Waals surface area contributed by atoms with E-state index in [-0.39, 0.29) is 11.9 Å². The number of amides is 1. The third kappa shape index (κ3) is 3.42. The van der Waals surface area contributed by atoms with Crippen LogP contribution in [0, 0.1) is 12.8 Å². The first-order chi connectivity index (χ1) is 11.1. The zero-order chi connectivity index (χ0) is 16.4. The molecule has 1 saturated heterocycles. The summed E-state index contributed by atoms with van der Waals surface area (Å²) in [5.74, 6) is 1.85. The SMILES string of the molecule is Cc1c([C@H](C)NCC(=O)N2CCC(C)CC2)oc2ccccc12. The van der Waals surface area contributed by atoms with Crippen molar-refractivity contribution in [1.29, 1.82) is 0 Å². The number of hydrogen-bond acceptors (Lipinski definition) is 3. The van der Waals surface area contributed by atoms with Crippen LogP contribution in [0.2, 0.25) is 0 Å². The molecule has 1 aliphatic rings. The summed E-state index contributed by atoms with van der Waals surface area (Å²) in [6, 6.07) is 8.08. The molecule has 4 heteroatoms. The number of aryl methyl sites for hydroxylation is 1. The average molecular weight is 314 g/mol. The highest BCUT2D eigenvalue weighted by molar-refractivity contribution is 5.82. The smallest absolute Gasteiger partial charge is 0.236 e. The van der Waals surface area contributed by atoms with Gasteiger partial charge in [0.25, 0.3) is 0 Å². The number of likely N-dealkylation sites (tertiary alicyclic amines) is 1. The lowest BCUT2D eigenvalue weighted by Crippen LogP contribution is -2.43. The first kappa shape index (κ1) is 16.1. The van der Waals surface area contributed by atoms with E-state index < -0.39 is 0 Å². The first-order valence-corrected chi connectivity index (χ1v) is 8.55. The third-order valence-corrected chi connectivity index (χ3v) is 4.97. The molecule has 1 N–H and O–H groups in total. The Labute approximate surface area is 137 Å². The summed E-state index contributed by atoms with van der Waals surface area (Å²) < 4.78 is 5.97. The van der Waals surface area contributed by atoms with E-state index in [1.807, 2.05) is 23.1 Å². The number of nitrogens with zero attached hydrogens (tertiary/aromatic N) is 1. The molecular formula is C19H26N2O2. The molecule has 1 aromatic carbocycles. The van der Waals surface area contributed by atoms with Gasteiger partial charge in [-0.2, -0.15) is 0 Å². The third-order valence-electron chi connectivity index (χ3n) is 4.97. The normalized spacial score (nSPS) is 17.6. The quantitative estimate of drug-likeness (QED) is 0.937. The fourth-order valence-corrected chi connectivity index (χ4v) is 3.31. The van der Waals surface area contributed by atoms with Crippen molar-refractivity contribution in [1.82, 2.24) is 10.2 Å².